The third-order valence-corrected chi connectivity index (χ3v) is 5.03. The predicted molar refractivity (Wildman–Crippen MR) is 92.0 cm³/mol. The van der Waals surface area contributed by atoms with Crippen molar-refractivity contribution < 1.29 is 9.53 Å². The van der Waals surface area contributed by atoms with Crippen molar-refractivity contribution in [3.05, 3.63) is 47.5 Å². The van der Waals surface area contributed by atoms with Crippen LogP contribution in [0.25, 0.3) is 0 Å². The highest BCUT2D eigenvalue weighted by Crippen LogP contribution is 2.25. The Morgan fingerprint density at radius 1 is 1.40 bits per heavy atom. The summed E-state index contributed by atoms with van der Waals surface area (Å²) >= 11 is 0. The number of carbonyl (C=O) groups is 1. The van der Waals surface area contributed by atoms with Crippen LogP contribution < -0.4 is 0 Å². The molecule has 2 atom stereocenters. The first kappa shape index (κ1) is 16.2. The van der Waals surface area contributed by atoms with Crippen LogP contribution in [0.3, 0.4) is 0 Å². The zero-order chi connectivity index (χ0) is 17.4. The number of nitrogens with zero attached hydrogens (tertiary/aromatic N) is 5. The molecule has 0 N–H and O–H groups in total. The van der Waals surface area contributed by atoms with Crippen LogP contribution in [-0.4, -0.2) is 68.9 Å². The summed E-state index contributed by atoms with van der Waals surface area (Å²) in [7, 11) is 1.81. The van der Waals surface area contributed by atoms with Gasteiger partial charge in [-0.2, -0.15) is 5.10 Å². The Bertz CT molecular complexity index is 760. The lowest BCUT2D eigenvalue weighted by Crippen LogP contribution is -2.50. The second kappa shape index (κ2) is 6.57. The van der Waals surface area contributed by atoms with Crippen molar-refractivity contribution in [2.24, 2.45) is 7.05 Å². The first-order valence-electron chi connectivity index (χ1n) is 8.66. The summed E-state index contributed by atoms with van der Waals surface area (Å²) in [6.07, 6.45) is 3.77. The van der Waals surface area contributed by atoms with E-state index in [0.717, 1.165) is 18.8 Å². The Morgan fingerprint density at radius 2 is 2.28 bits per heavy atom. The first-order valence-corrected chi connectivity index (χ1v) is 8.66. The summed E-state index contributed by atoms with van der Waals surface area (Å²) < 4.78 is 7.61. The molecule has 1 amide bonds. The van der Waals surface area contributed by atoms with Gasteiger partial charge >= 0.3 is 0 Å². The molecule has 2 fully saturated rings. The van der Waals surface area contributed by atoms with Crippen LogP contribution in [0.5, 0.6) is 0 Å². The highest BCUT2D eigenvalue weighted by Gasteiger charge is 2.42. The second-order valence-electron chi connectivity index (χ2n) is 6.81. The molecule has 0 saturated carbocycles. The first-order chi connectivity index (χ1) is 12.1. The maximum absolute atomic E-state index is 12.9. The summed E-state index contributed by atoms with van der Waals surface area (Å²) in [6.45, 7) is 5.65. The fourth-order valence-electron chi connectivity index (χ4n) is 3.82. The van der Waals surface area contributed by atoms with E-state index >= 15 is 0 Å². The molecule has 0 spiro atoms. The molecule has 4 rings (SSSR count). The molecule has 132 valence electrons. The number of carbonyl (C=O) groups excluding carboxylic acids is 1. The van der Waals surface area contributed by atoms with Gasteiger partial charge in [-0.15, -0.1) is 0 Å². The Morgan fingerprint density at radius 3 is 3.00 bits per heavy atom. The number of fused-ring (bicyclic) bond motifs is 1. The van der Waals surface area contributed by atoms with Crippen molar-refractivity contribution in [2.45, 2.75) is 25.6 Å². The lowest BCUT2D eigenvalue weighted by atomic mass is 10.1. The van der Waals surface area contributed by atoms with Crippen LogP contribution in [0.1, 0.15) is 21.7 Å². The number of ether oxygens (including phenoxy) is 1. The van der Waals surface area contributed by atoms with E-state index in [9.17, 15) is 4.79 Å². The van der Waals surface area contributed by atoms with Gasteiger partial charge in [0.2, 0.25) is 0 Å². The Kier molecular flexibility index (Phi) is 4.27. The number of morpholine rings is 1. The number of aryl methyl sites for hydroxylation is 2. The van der Waals surface area contributed by atoms with E-state index in [-0.39, 0.29) is 18.1 Å². The minimum Gasteiger partial charge on any atom is -0.373 e. The topological polar surface area (TPSA) is 63.5 Å². The van der Waals surface area contributed by atoms with Gasteiger partial charge in [-0.3, -0.25) is 19.4 Å². The van der Waals surface area contributed by atoms with Crippen molar-refractivity contribution in [1.82, 2.24) is 24.6 Å². The van der Waals surface area contributed by atoms with Crippen LogP contribution in [0.15, 0.2) is 30.6 Å². The van der Waals surface area contributed by atoms with E-state index in [2.05, 4.69) is 21.0 Å². The molecule has 7 heteroatoms. The summed E-state index contributed by atoms with van der Waals surface area (Å²) in [5.41, 5.74) is 2.68. The molecule has 4 heterocycles. The standard InChI is InChI=1S/C18H23N5O2/c1-13-8-15(21(2)20-13)18(24)23-11-16-17(12-23)25-7-6-22(16)10-14-4-3-5-19-9-14/h3-5,8-9,16-17H,6-7,10-12H2,1-2H3/t16-,17-/m0/s1. The van der Waals surface area contributed by atoms with E-state index < -0.39 is 0 Å². The molecule has 0 unspecified atom stereocenters. The summed E-state index contributed by atoms with van der Waals surface area (Å²) in [6, 6.07) is 6.13. The van der Waals surface area contributed by atoms with Gasteiger partial charge in [0.1, 0.15) is 5.69 Å². The fourth-order valence-corrected chi connectivity index (χ4v) is 3.82. The van der Waals surface area contributed by atoms with Crippen LogP contribution in [-0.2, 0) is 18.3 Å². The molecule has 2 saturated heterocycles. The molecule has 0 aliphatic carbocycles. The van der Waals surface area contributed by atoms with Gasteiger partial charge in [0.15, 0.2) is 0 Å². The van der Waals surface area contributed by atoms with Crippen molar-refractivity contribution in [3.63, 3.8) is 0 Å². The second-order valence-corrected chi connectivity index (χ2v) is 6.81. The smallest absolute Gasteiger partial charge is 0.272 e. The average molecular weight is 341 g/mol. The van der Waals surface area contributed by atoms with E-state index in [1.165, 1.54) is 5.56 Å². The lowest BCUT2D eigenvalue weighted by molar-refractivity contribution is -0.0503. The van der Waals surface area contributed by atoms with E-state index in [1.54, 1.807) is 10.9 Å². The van der Waals surface area contributed by atoms with Crippen LogP contribution in [0.2, 0.25) is 0 Å². The van der Waals surface area contributed by atoms with E-state index in [4.69, 9.17) is 4.74 Å². The quantitative estimate of drug-likeness (QED) is 0.828. The van der Waals surface area contributed by atoms with Gasteiger partial charge in [-0.05, 0) is 24.6 Å². The number of aromatic nitrogens is 3. The molecule has 7 nitrogen and oxygen atoms in total. The molecule has 2 aromatic heterocycles. The maximum atomic E-state index is 12.9. The molecule has 0 bridgehead atoms. The SMILES string of the molecule is Cc1cc(C(=O)N2C[C@@H]3OCCN(Cc4cccnc4)[C@H]3C2)n(C)n1. The number of likely N-dealkylation sites (tertiary alicyclic amines) is 1. The van der Waals surface area contributed by atoms with Crippen molar-refractivity contribution in [2.75, 3.05) is 26.2 Å². The van der Waals surface area contributed by atoms with Crippen molar-refractivity contribution in [3.8, 4) is 0 Å². The number of hydrogen-bond acceptors (Lipinski definition) is 5. The van der Waals surface area contributed by atoms with Crippen LogP contribution in [0.4, 0.5) is 0 Å². The zero-order valence-electron chi connectivity index (χ0n) is 14.6. The third kappa shape index (κ3) is 3.17. The van der Waals surface area contributed by atoms with Crippen LogP contribution in [0, 0.1) is 6.92 Å². The minimum absolute atomic E-state index is 0.0300. The van der Waals surface area contributed by atoms with Crippen molar-refractivity contribution >= 4 is 5.91 Å². The number of pyridine rings is 1. The maximum Gasteiger partial charge on any atom is 0.272 e. The molecular weight excluding hydrogens is 318 g/mol. The lowest BCUT2D eigenvalue weighted by Gasteiger charge is -2.36. The van der Waals surface area contributed by atoms with Gasteiger partial charge in [0.05, 0.1) is 24.4 Å². The Balaban J connectivity index is 1.49. The van der Waals surface area contributed by atoms with E-state index in [1.807, 2.05) is 37.2 Å². The Hall–Kier alpha value is -2.25. The van der Waals surface area contributed by atoms with Crippen molar-refractivity contribution in [1.29, 1.82) is 0 Å². The molecule has 2 aliphatic heterocycles. The highest BCUT2D eigenvalue weighted by atomic mass is 16.5. The van der Waals surface area contributed by atoms with Gasteiger partial charge in [0, 0.05) is 45.6 Å². The van der Waals surface area contributed by atoms with Crippen LogP contribution >= 0.6 is 0 Å². The van der Waals surface area contributed by atoms with Gasteiger partial charge < -0.3 is 9.64 Å². The zero-order valence-corrected chi connectivity index (χ0v) is 14.6. The minimum atomic E-state index is 0.0300. The summed E-state index contributed by atoms with van der Waals surface area (Å²) in [4.78, 5) is 21.4. The summed E-state index contributed by atoms with van der Waals surface area (Å²) in [5.74, 6) is 0.0300. The van der Waals surface area contributed by atoms with Gasteiger partial charge in [-0.1, -0.05) is 6.07 Å². The molecule has 0 radical (unpaired) electrons. The molecule has 25 heavy (non-hydrogen) atoms. The molecule has 2 aliphatic rings. The van der Waals surface area contributed by atoms with E-state index in [0.29, 0.717) is 25.4 Å². The fraction of sp³-hybridized carbons (Fsp3) is 0.500. The summed E-state index contributed by atoms with van der Waals surface area (Å²) in [5, 5.41) is 4.29. The normalized spacial score (nSPS) is 23.7. The van der Waals surface area contributed by atoms with Gasteiger partial charge in [-0.25, -0.2) is 0 Å². The molecule has 2 aromatic rings. The largest absolute Gasteiger partial charge is 0.373 e. The molecule has 0 aromatic carbocycles. The Labute approximate surface area is 147 Å². The average Bonchev–Trinajstić information content (AvgIpc) is 3.19. The number of amides is 1. The number of hydrogen-bond donors (Lipinski definition) is 0. The highest BCUT2D eigenvalue weighted by molar-refractivity contribution is 5.93. The number of rotatable bonds is 3. The predicted octanol–water partition coefficient (Wildman–Crippen LogP) is 0.849. The van der Waals surface area contributed by atoms with Gasteiger partial charge in [0.25, 0.3) is 5.91 Å². The molecular formula is C18H23N5O2. The third-order valence-electron chi connectivity index (χ3n) is 5.03. The monoisotopic (exact) mass is 341 g/mol.